The zero-order chi connectivity index (χ0) is 14.7. The van der Waals surface area contributed by atoms with E-state index < -0.39 is 0 Å². The van der Waals surface area contributed by atoms with Crippen molar-refractivity contribution >= 4 is 5.69 Å². The molecule has 1 N–H and O–H groups in total. The molecule has 110 valence electrons. The first-order valence-electron chi connectivity index (χ1n) is 7.67. The summed E-state index contributed by atoms with van der Waals surface area (Å²) >= 11 is 0. The van der Waals surface area contributed by atoms with Gasteiger partial charge in [0.05, 0.1) is 12.2 Å². The van der Waals surface area contributed by atoms with E-state index in [1.807, 2.05) is 13.0 Å². The molecule has 21 heavy (non-hydrogen) atoms. The predicted molar refractivity (Wildman–Crippen MR) is 87.4 cm³/mol. The van der Waals surface area contributed by atoms with E-state index >= 15 is 0 Å². The van der Waals surface area contributed by atoms with Gasteiger partial charge in [-0.3, -0.25) is 4.98 Å². The Hall–Kier alpha value is -1.87. The van der Waals surface area contributed by atoms with E-state index in [1.54, 1.807) is 0 Å². The molecule has 1 saturated carbocycles. The van der Waals surface area contributed by atoms with Crippen molar-refractivity contribution in [2.45, 2.75) is 38.9 Å². The van der Waals surface area contributed by atoms with Gasteiger partial charge in [-0.15, -0.1) is 0 Å². The van der Waals surface area contributed by atoms with Gasteiger partial charge in [-0.1, -0.05) is 18.2 Å². The molecule has 1 aromatic carbocycles. The molecule has 0 atom stereocenters. The van der Waals surface area contributed by atoms with Crippen LogP contribution in [0.4, 0.5) is 5.69 Å². The highest BCUT2D eigenvalue weighted by molar-refractivity contribution is 5.47. The van der Waals surface area contributed by atoms with Gasteiger partial charge >= 0.3 is 0 Å². The topological polar surface area (TPSA) is 28.2 Å². The summed E-state index contributed by atoms with van der Waals surface area (Å²) in [7, 11) is 2.11. The summed E-state index contributed by atoms with van der Waals surface area (Å²) in [6.07, 6.45) is 2.68. The second-order valence-corrected chi connectivity index (χ2v) is 5.95. The van der Waals surface area contributed by atoms with Crippen LogP contribution in [0.15, 0.2) is 42.5 Å². The minimum Gasteiger partial charge on any atom is -0.369 e. The van der Waals surface area contributed by atoms with Crippen LogP contribution in [0.5, 0.6) is 0 Å². The standard InChI is InChI=1S/C18H23N3/c1-14-4-3-5-17(20-14)13-21(2)18-10-6-15(7-11-18)12-19-16-8-9-16/h3-7,10-11,16,19H,8-9,12-13H2,1-2H3. The molecule has 0 bridgehead atoms. The van der Waals surface area contributed by atoms with Crippen molar-refractivity contribution in [3.8, 4) is 0 Å². The smallest absolute Gasteiger partial charge is 0.0600 e. The van der Waals surface area contributed by atoms with E-state index in [2.05, 4.69) is 58.6 Å². The fourth-order valence-electron chi connectivity index (χ4n) is 2.44. The largest absolute Gasteiger partial charge is 0.369 e. The first-order chi connectivity index (χ1) is 10.2. The summed E-state index contributed by atoms with van der Waals surface area (Å²) in [6.45, 7) is 3.85. The molecule has 1 aliphatic carbocycles. The Balaban J connectivity index is 1.59. The van der Waals surface area contributed by atoms with E-state index in [-0.39, 0.29) is 0 Å². The number of aromatic nitrogens is 1. The zero-order valence-electron chi connectivity index (χ0n) is 12.8. The van der Waals surface area contributed by atoms with Gasteiger partial charge in [0.2, 0.25) is 0 Å². The number of aryl methyl sites for hydroxylation is 1. The van der Waals surface area contributed by atoms with Crippen LogP contribution in [-0.4, -0.2) is 18.1 Å². The monoisotopic (exact) mass is 281 g/mol. The summed E-state index contributed by atoms with van der Waals surface area (Å²) in [6, 6.07) is 15.8. The average Bonchev–Trinajstić information content (AvgIpc) is 3.30. The molecule has 0 aliphatic heterocycles. The average molecular weight is 281 g/mol. The predicted octanol–water partition coefficient (Wildman–Crippen LogP) is 3.28. The van der Waals surface area contributed by atoms with Gasteiger partial charge in [-0.25, -0.2) is 0 Å². The van der Waals surface area contributed by atoms with Crippen LogP contribution in [0.2, 0.25) is 0 Å². The fourth-order valence-corrected chi connectivity index (χ4v) is 2.44. The summed E-state index contributed by atoms with van der Waals surface area (Å²) in [5.41, 5.74) is 4.76. The third-order valence-electron chi connectivity index (χ3n) is 3.89. The fraction of sp³-hybridized carbons (Fsp3) is 0.389. The van der Waals surface area contributed by atoms with Crippen molar-refractivity contribution in [1.82, 2.24) is 10.3 Å². The molecule has 0 saturated heterocycles. The molecule has 0 spiro atoms. The second-order valence-electron chi connectivity index (χ2n) is 5.95. The third-order valence-corrected chi connectivity index (χ3v) is 3.89. The summed E-state index contributed by atoms with van der Waals surface area (Å²) < 4.78 is 0. The summed E-state index contributed by atoms with van der Waals surface area (Å²) in [5.74, 6) is 0. The Morgan fingerprint density at radius 2 is 1.90 bits per heavy atom. The molecule has 1 heterocycles. The summed E-state index contributed by atoms with van der Waals surface area (Å²) in [4.78, 5) is 6.80. The number of benzene rings is 1. The molecule has 0 unspecified atom stereocenters. The van der Waals surface area contributed by atoms with Crippen LogP contribution in [-0.2, 0) is 13.1 Å². The Kier molecular flexibility index (Phi) is 4.20. The first kappa shape index (κ1) is 14.1. The lowest BCUT2D eigenvalue weighted by Gasteiger charge is -2.19. The maximum atomic E-state index is 4.56. The van der Waals surface area contributed by atoms with Crippen molar-refractivity contribution in [2.24, 2.45) is 0 Å². The Morgan fingerprint density at radius 1 is 1.14 bits per heavy atom. The number of hydrogen-bond donors (Lipinski definition) is 1. The van der Waals surface area contributed by atoms with Crippen molar-refractivity contribution in [3.05, 3.63) is 59.4 Å². The highest BCUT2D eigenvalue weighted by Crippen LogP contribution is 2.20. The van der Waals surface area contributed by atoms with Gasteiger partial charge in [-0.2, -0.15) is 0 Å². The molecular weight excluding hydrogens is 258 g/mol. The minimum atomic E-state index is 0.764. The molecule has 2 aromatic rings. The Bertz CT molecular complexity index is 588. The normalized spacial score (nSPS) is 14.2. The Labute approximate surface area is 127 Å². The van der Waals surface area contributed by atoms with Gasteiger partial charge < -0.3 is 10.2 Å². The van der Waals surface area contributed by atoms with Crippen molar-refractivity contribution in [2.75, 3.05) is 11.9 Å². The number of hydrogen-bond acceptors (Lipinski definition) is 3. The molecule has 1 aliphatic rings. The molecule has 3 nitrogen and oxygen atoms in total. The van der Waals surface area contributed by atoms with Crippen LogP contribution in [0, 0.1) is 6.92 Å². The highest BCUT2D eigenvalue weighted by Gasteiger charge is 2.19. The van der Waals surface area contributed by atoms with Crippen LogP contribution in [0.1, 0.15) is 29.8 Å². The number of anilines is 1. The van der Waals surface area contributed by atoms with Gasteiger partial charge in [0, 0.05) is 31.0 Å². The number of pyridine rings is 1. The molecule has 0 radical (unpaired) electrons. The van der Waals surface area contributed by atoms with Crippen LogP contribution in [0.3, 0.4) is 0 Å². The number of nitrogens with zero attached hydrogens (tertiary/aromatic N) is 2. The first-order valence-corrected chi connectivity index (χ1v) is 7.67. The van der Waals surface area contributed by atoms with Crippen LogP contribution >= 0.6 is 0 Å². The molecule has 3 rings (SSSR count). The van der Waals surface area contributed by atoms with Gasteiger partial charge in [0.25, 0.3) is 0 Å². The van der Waals surface area contributed by atoms with E-state index in [9.17, 15) is 0 Å². The minimum absolute atomic E-state index is 0.764. The van der Waals surface area contributed by atoms with Crippen molar-refractivity contribution in [3.63, 3.8) is 0 Å². The molecular formula is C18H23N3. The third kappa shape index (κ3) is 4.05. The maximum Gasteiger partial charge on any atom is 0.0600 e. The Morgan fingerprint density at radius 3 is 2.57 bits per heavy atom. The van der Waals surface area contributed by atoms with Crippen molar-refractivity contribution < 1.29 is 0 Å². The number of nitrogens with one attached hydrogen (secondary N) is 1. The molecule has 3 heteroatoms. The maximum absolute atomic E-state index is 4.56. The lowest BCUT2D eigenvalue weighted by molar-refractivity contribution is 0.688. The van der Waals surface area contributed by atoms with E-state index in [0.717, 1.165) is 30.5 Å². The lowest BCUT2D eigenvalue weighted by atomic mass is 10.2. The van der Waals surface area contributed by atoms with E-state index in [1.165, 1.54) is 24.1 Å². The van der Waals surface area contributed by atoms with E-state index in [4.69, 9.17) is 0 Å². The molecule has 1 fully saturated rings. The highest BCUT2D eigenvalue weighted by atomic mass is 15.1. The van der Waals surface area contributed by atoms with Crippen molar-refractivity contribution in [1.29, 1.82) is 0 Å². The quantitative estimate of drug-likeness (QED) is 0.880. The SMILES string of the molecule is Cc1cccc(CN(C)c2ccc(CNC3CC3)cc2)n1. The second kappa shape index (κ2) is 6.27. The number of rotatable bonds is 6. The van der Waals surface area contributed by atoms with Gasteiger partial charge in [-0.05, 0) is 49.6 Å². The summed E-state index contributed by atoms with van der Waals surface area (Å²) in [5, 5.41) is 3.54. The molecule has 1 aromatic heterocycles. The van der Waals surface area contributed by atoms with Gasteiger partial charge in [0.15, 0.2) is 0 Å². The van der Waals surface area contributed by atoms with Gasteiger partial charge in [0.1, 0.15) is 0 Å². The van der Waals surface area contributed by atoms with E-state index in [0.29, 0.717) is 0 Å². The van der Waals surface area contributed by atoms with Crippen LogP contribution < -0.4 is 10.2 Å². The van der Waals surface area contributed by atoms with Crippen LogP contribution in [0.25, 0.3) is 0 Å². The molecule has 0 amide bonds. The lowest BCUT2D eigenvalue weighted by Crippen LogP contribution is -2.18. The zero-order valence-corrected chi connectivity index (χ0v) is 12.8.